The number of hydrogen-bond donors (Lipinski definition) is 4. The second-order valence-corrected chi connectivity index (χ2v) is 9.01. The van der Waals surface area contributed by atoms with Gasteiger partial charge >= 0.3 is 11.9 Å². The summed E-state index contributed by atoms with van der Waals surface area (Å²) in [5.41, 5.74) is 0.373. The summed E-state index contributed by atoms with van der Waals surface area (Å²) in [6.07, 6.45) is 9.84. The monoisotopic (exact) mass is 404 g/mol. The highest BCUT2D eigenvalue weighted by molar-refractivity contribution is 5.78. The highest BCUT2D eigenvalue weighted by Gasteiger charge is 2.49. The standard InChI is InChI=1S/C23H32O6/c24-18-9-8-16(6-3-5-11-23(14-15-23)21(28)29)19(25)17(18)7-2-1-4-10-22(12-13-22)20(26)27/h8-9,24-25H,1-7,10-15H2,(H,26,27)(H,28,29). The average Bonchev–Trinajstić information content (AvgIpc) is 3.58. The van der Waals surface area contributed by atoms with Crippen LogP contribution in [0, 0.1) is 10.8 Å². The lowest BCUT2D eigenvalue weighted by molar-refractivity contribution is -0.144. The molecule has 3 rings (SSSR count). The second kappa shape index (κ2) is 8.64. The first-order valence-corrected chi connectivity index (χ1v) is 10.8. The van der Waals surface area contributed by atoms with Gasteiger partial charge in [0.2, 0.25) is 0 Å². The van der Waals surface area contributed by atoms with Crippen LogP contribution in [0.25, 0.3) is 0 Å². The van der Waals surface area contributed by atoms with Crippen LogP contribution < -0.4 is 0 Å². The molecule has 160 valence electrons. The first-order chi connectivity index (χ1) is 13.8. The minimum Gasteiger partial charge on any atom is -0.508 e. The zero-order valence-electron chi connectivity index (χ0n) is 17.0. The van der Waals surface area contributed by atoms with Crippen LogP contribution in [0.2, 0.25) is 0 Å². The molecule has 2 saturated carbocycles. The molecular weight excluding hydrogens is 372 g/mol. The number of hydrogen-bond acceptors (Lipinski definition) is 4. The molecule has 0 amide bonds. The summed E-state index contributed by atoms with van der Waals surface area (Å²) < 4.78 is 0. The quantitative estimate of drug-likeness (QED) is 0.356. The molecule has 2 aliphatic carbocycles. The molecule has 0 radical (unpaired) electrons. The third-order valence-electron chi connectivity index (χ3n) is 6.89. The van der Waals surface area contributed by atoms with E-state index in [1.165, 1.54) is 0 Å². The number of carboxylic acid groups (broad SMARTS) is 2. The summed E-state index contributed by atoms with van der Waals surface area (Å²) >= 11 is 0. The topological polar surface area (TPSA) is 115 Å². The number of unbranched alkanes of at least 4 members (excludes halogenated alkanes) is 3. The van der Waals surface area contributed by atoms with Crippen molar-refractivity contribution in [1.82, 2.24) is 0 Å². The van der Waals surface area contributed by atoms with Gasteiger partial charge in [0.05, 0.1) is 10.8 Å². The molecule has 6 nitrogen and oxygen atoms in total. The third kappa shape index (κ3) is 5.03. The van der Waals surface area contributed by atoms with Crippen LogP contribution in [-0.4, -0.2) is 32.4 Å². The number of aromatic hydroxyl groups is 2. The van der Waals surface area contributed by atoms with Gasteiger partial charge in [-0.15, -0.1) is 0 Å². The molecule has 4 N–H and O–H groups in total. The fraction of sp³-hybridized carbons (Fsp3) is 0.652. The van der Waals surface area contributed by atoms with Crippen molar-refractivity contribution in [3.8, 4) is 11.5 Å². The molecule has 0 heterocycles. The number of aryl methyl sites for hydroxylation is 1. The van der Waals surface area contributed by atoms with Crippen LogP contribution in [0.15, 0.2) is 12.1 Å². The highest BCUT2D eigenvalue weighted by Crippen LogP contribution is 2.51. The molecule has 1 aromatic carbocycles. The van der Waals surface area contributed by atoms with Crippen molar-refractivity contribution >= 4 is 11.9 Å². The molecule has 2 aliphatic rings. The van der Waals surface area contributed by atoms with Gasteiger partial charge in [-0.2, -0.15) is 0 Å². The Bertz CT molecular complexity index is 761. The van der Waals surface area contributed by atoms with Crippen LogP contribution in [0.3, 0.4) is 0 Å². The van der Waals surface area contributed by atoms with Crippen molar-refractivity contribution in [2.75, 3.05) is 0 Å². The normalized spacial score (nSPS) is 18.3. The van der Waals surface area contributed by atoms with Gasteiger partial charge in [0.15, 0.2) is 0 Å². The Balaban J connectivity index is 1.43. The number of carboxylic acids is 2. The number of aliphatic carboxylic acids is 2. The van der Waals surface area contributed by atoms with Crippen molar-refractivity contribution < 1.29 is 30.0 Å². The van der Waals surface area contributed by atoms with E-state index in [0.29, 0.717) is 31.2 Å². The lowest BCUT2D eigenvalue weighted by Gasteiger charge is -2.13. The summed E-state index contributed by atoms with van der Waals surface area (Å²) in [6.45, 7) is 0. The van der Waals surface area contributed by atoms with E-state index in [0.717, 1.165) is 63.4 Å². The first kappa shape index (κ1) is 21.5. The van der Waals surface area contributed by atoms with Crippen LogP contribution in [-0.2, 0) is 22.4 Å². The van der Waals surface area contributed by atoms with Gasteiger partial charge in [0, 0.05) is 5.56 Å². The molecule has 0 unspecified atom stereocenters. The Kier molecular flexibility index (Phi) is 6.39. The number of phenolic OH excluding ortho intramolecular Hbond substituents is 2. The van der Waals surface area contributed by atoms with Gasteiger partial charge in [-0.3, -0.25) is 9.59 Å². The van der Waals surface area contributed by atoms with E-state index < -0.39 is 22.8 Å². The first-order valence-electron chi connectivity index (χ1n) is 10.8. The fourth-order valence-electron chi connectivity index (χ4n) is 4.29. The summed E-state index contributed by atoms with van der Waals surface area (Å²) in [6, 6.07) is 3.36. The number of benzene rings is 1. The lowest BCUT2D eigenvalue weighted by Crippen LogP contribution is -2.14. The minimum absolute atomic E-state index is 0.0956. The Morgan fingerprint density at radius 3 is 1.79 bits per heavy atom. The number of phenols is 2. The van der Waals surface area contributed by atoms with Gasteiger partial charge in [-0.1, -0.05) is 25.3 Å². The number of rotatable bonds is 13. The number of carbonyl (C=O) groups is 2. The molecule has 29 heavy (non-hydrogen) atoms. The molecule has 6 heteroatoms. The van der Waals surface area contributed by atoms with E-state index in [4.69, 9.17) is 0 Å². The molecular formula is C23H32O6. The molecule has 0 bridgehead atoms. The molecule has 0 atom stereocenters. The maximum absolute atomic E-state index is 11.2. The smallest absolute Gasteiger partial charge is 0.309 e. The fourth-order valence-corrected chi connectivity index (χ4v) is 4.29. The molecule has 1 aromatic rings. The largest absolute Gasteiger partial charge is 0.508 e. The van der Waals surface area contributed by atoms with E-state index in [2.05, 4.69) is 0 Å². The molecule has 0 aliphatic heterocycles. The van der Waals surface area contributed by atoms with Crippen molar-refractivity contribution in [2.45, 2.75) is 83.5 Å². The Hall–Kier alpha value is -2.24. The van der Waals surface area contributed by atoms with Gasteiger partial charge in [0.1, 0.15) is 11.5 Å². The van der Waals surface area contributed by atoms with E-state index in [1.807, 2.05) is 0 Å². The average molecular weight is 405 g/mol. The zero-order chi connectivity index (χ0) is 21.1. The predicted octanol–water partition coefficient (Wildman–Crippen LogP) is 4.64. The zero-order valence-corrected chi connectivity index (χ0v) is 17.0. The molecule has 0 aromatic heterocycles. The van der Waals surface area contributed by atoms with Crippen LogP contribution in [0.5, 0.6) is 11.5 Å². The third-order valence-corrected chi connectivity index (χ3v) is 6.89. The Morgan fingerprint density at radius 1 is 0.759 bits per heavy atom. The van der Waals surface area contributed by atoms with Gasteiger partial charge < -0.3 is 20.4 Å². The van der Waals surface area contributed by atoms with E-state index >= 15 is 0 Å². The van der Waals surface area contributed by atoms with Crippen LogP contribution >= 0.6 is 0 Å². The highest BCUT2D eigenvalue weighted by atomic mass is 16.4. The van der Waals surface area contributed by atoms with Crippen molar-refractivity contribution in [3.63, 3.8) is 0 Å². The molecule has 0 spiro atoms. The summed E-state index contributed by atoms with van der Waals surface area (Å²) in [5.74, 6) is -1.13. The minimum atomic E-state index is -0.691. The molecule has 2 fully saturated rings. The Labute approximate surface area is 171 Å². The van der Waals surface area contributed by atoms with Crippen LogP contribution in [0.1, 0.15) is 81.8 Å². The van der Waals surface area contributed by atoms with Crippen molar-refractivity contribution in [2.24, 2.45) is 10.8 Å². The summed E-state index contributed by atoms with van der Waals surface area (Å²) in [4.78, 5) is 22.4. The Morgan fingerprint density at radius 2 is 1.28 bits per heavy atom. The van der Waals surface area contributed by atoms with Crippen molar-refractivity contribution in [3.05, 3.63) is 23.3 Å². The predicted molar refractivity (Wildman–Crippen MR) is 108 cm³/mol. The van der Waals surface area contributed by atoms with E-state index in [9.17, 15) is 30.0 Å². The SMILES string of the molecule is O=C(O)C1(CCCCCc2c(O)ccc(CCCCC3(C(=O)O)CC3)c2O)CC1. The lowest BCUT2D eigenvalue weighted by atomic mass is 9.94. The maximum atomic E-state index is 11.2. The maximum Gasteiger partial charge on any atom is 0.309 e. The van der Waals surface area contributed by atoms with Gasteiger partial charge in [0.25, 0.3) is 0 Å². The van der Waals surface area contributed by atoms with Gasteiger partial charge in [-0.25, -0.2) is 0 Å². The molecule has 0 saturated heterocycles. The second-order valence-electron chi connectivity index (χ2n) is 9.01. The van der Waals surface area contributed by atoms with Crippen molar-refractivity contribution in [1.29, 1.82) is 0 Å². The van der Waals surface area contributed by atoms with Gasteiger partial charge in [-0.05, 0) is 75.8 Å². The van der Waals surface area contributed by atoms with E-state index in [1.54, 1.807) is 12.1 Å². The van der Waals surface area contributed by atoms with Crippen LogP contribution in [0.4, 0.5) is 0 Å². The summed E-state index contributed by atoms with van der Waals surface area (Å²) in [5, 5.41) is 39.1. The van der Waals surface area contributed by atoms with E-state index in [-0.39, 0.29) is 11.5 Å². The summed E-state index contributed by atoms with van der Waals surface area (Å²) in [7, 11) is 0.